The number of methoxy groups -OCH3 is 1. The number of nitrogens with one attached hydrogen (secondary N) is 1. The summed E-state index contributed by atoms with van der Waals surface area (Å²) in [5.74, 6) is 0.421. The van der Waals surface area contributed by atoms with Crippen LogP contribution in [0.1, 0.15) is 27.0 Å². The number of carbonyl (C=O) groups excluding carboxylic acids is 1. The molecule has 0 aliphatic carbocycles. The second-order valence-electron chi connectivity index (χ2n) is 7.31. The summed E-state index contributed by atoms with van der Waals surface area (Å²) in [6, 6.07) is 21.2. The van der Waals surface area contributed by atoms with Gasteiger partial charge in [-0.15, -0.1) is 0 Å². The first-order valence-corrected chi connectivity index (χ1v) is 11.3. The van der Waals surface area contributed by atoms with E-state index in [1.165, 1.54) is 30.6 Å². The van der Waals surface area contributed by atoms with Gasteiger partial charge in [-0.05, 0) is 54.4 Å². The van der Waals surface area contributed by atoms with Gasteiger partial charge in [0.15, 0.2) is 0 Å². The van der Waals surface area contributed by atoms with Gasteiger partial charge < -0.3 is 10.1 Å². The van der Waals surface area contributed by atoms with Crippen molar-refractivity contribution < 1.29 is 17.9 Å². The Balaban J connectivity index is 1.61. The molecule has 31 heavy (non-hydrogen) atoms. The molecule has 0 bridgehead atoms. The van der Waals surface area contributed by atoms with Crippen molar-refractivity contribution in [3.8, 4) is 5.75 Å². The van der Waals surface area contributed by atoms with E-state index in [0.29, 0.717) is 17.9 Å². The Morgan fingerprint density at radius 2 is 1.65 bits per heavy atom. The summed E-state index contributed by atoms with van der Waals surface area (Å²) < 4.78 is 31.9. The van der Waals surface area contributed by atoms with Crippen LogP contribution in [0.4, 0.5) is 0 Å². The molecular formula is C24H26N2O4S. The fraction of sp³-hybridized carbons (Fsp3) is 0.208. The molecule has 0 fully saturated rings. The normalized spacial score (nSPS) is 11.4. The second kappa shape index (κ2) is 9.76. The van der Waals surface area contributed by atoms with Gasteiger partial charge in [0, 0.05) is 25.7 Å². The third-order valence-corrected chi connectivity index (χ3v) is 6.74. The van der Waals surface area contributed by atoms with Gasteiger partial charge in [-0.25, -0.2) is 8.42 Å². The molecule has 0 saturated heterocycles. The summed E-state index contributed by atoms with van der Waals surface area (Å²) in [4.78, 5) is 12.6. The molecule has 7 heteroatoms. The van der Waals surface area contributed by atoms with E-state index in [4.69, 9.17) is 4.74 Å². The van der Waals surface area contributed by atoms with Crippen LogP contribution in [-0.4, -0.2) is 32.8 Å². The standard InChI is InChI=1S/C24H26N2O4S/c1-18-5-4-6-20(15-18)16-25-24(27)21-9-7-19(8-10-21)17-26(2)31(28,29)23-13-11-22(30-3)12-14-23/h4-15H,16-17H2,1-3H3,(H,25,27). The summed E-state index contributed by atoms with van der Waals surface area (Å²) in [6.45, 7) is 2.65. The molecule has 3 aromatic rings. The van der Waals surface area contributed by atoms with E-state index in [-0.39, 0.29) is 17.3 Å². The number of rotatable bonds is 8. The molecule has 3 aromatic carbocycles. The molecule has 0 atom stereocenters. The van der Waals surface area contributed by atoms with Crippen molar-refractivity contribution in [1.82, 2.24) is 9.62 Å². The predicted molar refractivity (Wildman–Crippen MR) is 120 cm³/mol. The number of hydrogen-bond donors (Lipinski definition) is 1. The van der Waals surface area contributed by atoms with Crippen LogP contribution in [0.2, 0.25) is 0 Å². The van der Waals surface area contributed by atoms with E-state index in [9.17, 15) is 13.2 Å². The molecule has 1 N–H and O–H groups in total. The lowest BCUT2D eigenvalue weighted by atomic mass is 10.1. The van der Waals surface area contributed by atoms with Crippen molar-refractivity contribution in [3.63, 3.8) is 0 Å². The molecule has 162 valence electrons. The number of hydrogen-bond acceptors (Lipinski definition) is 4. The zero-order chi connectivity index (χ0) is 22.4. The van der Waals surface area contributed by atoms with Crippen LogP contribution < -0.4 is 10.1 Å². The number of nitrogens with zero attached hydrogens (tertiary/aromatic N) is 1. The highest BCUT2D eigenvalue weighted by atomic mass is 32.2. The van der Waals surface area contributed by atoms with Crippen LogP contribution in [0, 0.1) is 6.92 Å². The molecular weight excluding hydrogens is 412 g/mol. The van der Waals surface area contributed by atoms with Crippen molar-refractivity contribution in [1.29, 1.82) is 0 Å². The molecule has 6 nitrogen and oxygen atoms in total. The molecule has 0 unspecified atom stereocenters. The third-order valence-electron chi connectivity index (χ3n) is 4.92. The Morgan fingerprint density at radius 1 is 0.968 bits per heavy atom. The summed E-state index contributed by atoms with van der Waals surface area (Å²) in [7, 11) is -0.573. The van der Waals surface area contributed by atoms with Gasteiger partial charge in [0.05, 0.1) is 12.0 Å². The molecule has 3 rings (SSSR count). The third kappa shape index (κ3) is 5.71. The number of benzene rings is 3. The van der Waals surface area contributed by atoms with Gasteiger partial charge in [0.1, 0.15) is 5.75 Å². The van der Waals surface area contributed by atoms with E-state index < -0.39 is 10.0 Å². The monoisotopic (exact) mass is 438 g/mol. The van der Waals surface area contributed by atoms with Crippen LogP contribution in [0.25, 0.3) is 0 Å². The largest absolute Gasteiger partial charge is 0.497 e. The van der Waals surface area contributed by atoms with Gasteiger partial charge >= 0.3 is 0 Å². The molecule has 0 aliphatic heterocycles. The first-order chi connectivity index (χ1) is 14.8. The van der Waals surface area contributed by atoms with Crippen LogP contribution >= 0.6 is 0 Å². The van der Waals surface area contributed by atoms with E-state index >= 15 is 0 Å². The lowest BCUT2D eigenvalue weighted by Gasteiger charge is -2.17. The first kappa shape index (κ1) is 22.5. The zero-order valence-corrected chi connectivity index (χ0v) is 18.6. The van der Waals surface area contributed by atoms with Crippen molar-refractivity contribution in [2.45, 2.75) is 24.9 Å². The second-order valence-corrected chi connectivity index (χ2v) is 9.35. The minimum Gasteiger partial charge on any atom is -0.497 e. The highest BCUT2D eigenvalue weighted by Crippen LogP contribution is 2.20. The Hall–Kier alpha value is -3.16. The topological polar surface area (TPSA) is 75.7 Å². The van der Waals surface area contributed by atoms with Crippen molar-refractivity contribution >= 4 is 15.9 Å². The quantitative estimate of drug-likeness (QED) is 0.581. The molecule has 0 radical (unpaired) electrons. The summed E-state index contributed by atoms with van der Waals surface area (Å²) in [5, 5.41) is 2.90. The van der Waals surface area contributed by atoms with Gasteiger partial charge in [-0.1, -0.05) is 42.0 Å². The number of aryl methyl sites for hydroxylation is 1. The maximum Gasteiger partial charge on any atom is 0.251 e. The summed E-state index contributed by atoms with van der Waals surface area (Å²) in [5.41, 5.74) is 3.49. The number of sulfonamides is 1. The summed E-state index contributed by atoms with van der Waals surface area (Å²) in [6.07, 6.45) is 0. The van der Waals surface area contributed by atoms with Gasteiger partial charge in [0.2, 0.25) is 10.0 Å². The fourth-order valence-electron chi connectivity index (χ4n) is 3.14. The zero-order valence-electron chi connectivity index (χ0n) is 17.8. The molecule has 1 amide bonds. The minimum absolute atomic E-state index is 0.174. The molecule has 0 spiro atoms. The average molecular weight is 439 g/mol. The minimum atomic E-state index is -3.63. The van der Waals surface area contributed by atoms with E-state index in [0.717, 1.165) is 16.7 Å². The van der Waals surface area contributed by atoms with Crippen molar-refractivity contribution in [3.05, 3.63) is 95.1 Å². The molecule has 0 aliphatic rings. The van der Waals surface area contributed by atoms with Gasteiger partial charge in [0.25, 0.3) is 5.91 Å². The van der Waals surface area contributed by atoms with Crippen molar-refractivity contribution in [2.75, 3.05) is 14.2 Å². The number of ether oxygens (including phenoxy) is 1. The van der Waals surface area contributed by atoms with Crippen LogP contribution in [0.3, 0.4) is 0 Å². The Morgan fingerprint density at radius 3 is 2.26 bits per heavy atom. The smallest absolute Gasteiger partial charge is 0.251 e. The number of amides is 1. The first-order valence-electron chi connectivity index (χ1n) is 9.82. The molecule has 0 saturated carbocycles. The van der Waals surface area contributed by atoms with E-state index in [1.54, 1.807) is 36.4 Å². The molecule has 0 heterocycles. The Labute approximate surface area is 183 Å². The average Bonchev–Trinajstić information content (AvgIpc) is 2.78. The maximum atomic E-state index is 12.8. The fourth-order valence-corrected chi connectivity index (χ4v) is 4.30. The maximum absolute atomic E-state index is 12.8. The van der Waals surface area contributed by atoms with Crippen LogP contribution in [-0.2, 0) is 23.1 Å². The van der Waals surface area contributed by atoms with Gasteiger partial charge in [-0.2, -0.15) is 4.31 Å². The predicted octanol–water partition coefficient (Wildman–Crippen LogP) is 3.75. The molecule has 0 aromatic heterocycles. The van der Waals surface area contributed by atoms with Crippen molar-refractivity contribution in [2.24, 2.45) is 0 Å². The lowest BCUT2D eigenvalue weighted by Crippen LogP contribution is -2.26. The van der Waals surface area contributed by atoms with E-state index in [1.807, 2.05) is 31.2 Å². The lowest BCUT2D eigenvalue weighted by molar-refractivity contribution is 0.0951. The SMILES string of the molecule is COc1ccc(S(=O)(=O)N(C)Cc2ccc(C(=O)NCc3cccc(C)c3)cc2)cc1. The van der Waals surface area contributed by atoms with Gasteiger partial charge in [-0.3, -0.25) is 4.79 Å². The summed E-state index contributed by atoms with van der Waals surface area (Å²) >= 11 is 0. The highest BCUT2D eigenvalue weighted by Gasteiger charge is 2.21. The highest BCUT2D eigenvalue weighted by molar-refractivity contribution is 7.89. The van der Waals surface area contributed by atoms with Crippen LogP contribution in [0.5, 0.6) is 5.75 Å². The van der Waals surface area contributed by atoms with E-state index in [2.05, 4.69) is 5.32 Å². The number of carbonyl (C=O) groups is 1. The Kier molecular flexibility index (Phi) is 7.09. The van der Waals surface area contributed by atoms with Crippen LogP contribution in [0.15, 0.2) is 77.7 Å². The Bertz CT molecular complexity index is 1140.